The number of hydrogen-bond donors (Lipinski definition) is 1. The third-order valence-corrected chi connectivity index (χ3v) is 5.85. The first-order chi connectivity index (χ1) is 12.7. The third kappa shape index (κ3) is 3.45. The zero-order valence-electron chi connectivity index (χ0n) is 15.0. The van der Waals surface area contributed by atoms with E-state index in [-0.39, 0.29) is 24.5 Å². The van der Waals surface area contributed by atoms with Crippen LogP contribution in [0.4, 0.5) is 0 Å². The van der Waals surface area contributed by atoms with Crippen molar-refractivity contribution in [2.24, 2.45) is 5.92 Å². The summed E-state index contributed by atoms with van der Waals surface area (Å²) in [5.41, 5.74) is 0.553. The predicted molar refractivity (Wildman–Crippen MR) is 94.5 cm³/mol. The van der Waals surface area contributed by atoms with Crippen LogP contribution in [0.1, 0.15) is 60.6 Å². The molecule has 140 valence electrons. The van der Waals surface area contributed by atoms with Gasteiger partial charge in [0.1, 0.15) is 5.82 Å². The summed E-state index contributed by atoms with van der Waals surface area (Å²) in [5, 5.41) is 9.08. The quantitative estimate of drug-likeness (QED) is 0.854. The number of aliphatic hydroxyl groups excluding tert-OH is 1. The molecule has 1 saturated carbocycles. The number of rotatable bonds is 5. The molecule has 7 heteroatoms. The van der Waals surface area contributed by atoms with E-state index in [1.54, 1.807) is 12.4 Å². The van der Waals surface area contributed by atoms with Crippen LogP contribution in [-0.4, -0.2) is 69.0 Å². The smallest absolute Gasteiger partial charge is 0.257 e. The summed E-state index contributed by atoms with van der Waals surface area (Å²) in [6.07, 6.45) is 8.40. The monoisotopic (exact) mass is 358 g/mol. The van der Waals surface area contributed by atoms with Gasteiger partial charge in [-0.1, -0.05) is 0 Å². The molecule has 3 heterocycles. The Morgan fingerprint density at radius 3 is 2.65 bits per heavy atom. The Bertz CT molecular complexity index is 674. The molecule has 4 rings (SSSR count). The lowest BCUT2D eigenvalue weighted by Crippen LogP contribution is -2.57. The van der Waals surface area contributed by atoms with Gasteiger partial charge in [-0.05, 0) is 38.0 Å². The second-order valence-electron chi connectivity index (χ2n) is 7.67. The Labute approximate surface area is 153 Å². The van der Waals surface area contributed by atoms with Crippen molar-refractivity contribution in [1.82, 2.24) is 19.8 Å². The third-order valence-electron chi connectivity index (χ3n) is 5.85. The number of fused-ring (bicyclic) bond motifs is 1. The van der Waals surface area contributed by atoms with E-state index < -0.39 is 0 Å². The summed E-state index contributed by atoms with van der Waals surface area (Å²) >= 11 is 0. The number of aliphatic hydroxyl groups is 1. The normalized spacial score (nSPS) is 26.0. The fourth-order valence-electron chi connectivity index (χ4n) is 4.25. The fourth-order valence-corrected chi connectivity index (χ4v) is 4.25. The summed E-state index contributed by atoms with van der Waals surface area (Å²) in [5.74, 6) is 1.83. The van der Waals surface area contributed by atoms with E-state index in [1.807, 2.05) is 9.80 Å². The lowest BCUT2D eigenvalue weighted by molar-refractivity contribution is -0.140. The van der Waals surface area contributed by atoms with Crippen LogP contribution in [0.3, 0.4) is 0 Å². The van der Waals surface area contributed by atoms with Gasteiger partial charge >= 0.3 is 0 Å². The van der Waals surface area contributed by atoms with Gasteiger partial charge in [0.2, 0.25) is 5.91 Å². The SMILES string of the molecule is O=C(c1cnc(C2CC2)nc1)N1CCC2C(CCC(=O)N2CCCO)C1. The first-order valence-corrected chi connectivity index (χ1v) is 9.69. The average molecular weight is 358 g/mol. The molecule has 0 spiro atoms. The molecule has 26 heavy (non-hydrogen) atoms. The highest BCUT2D eigenvalue weighted by atomic mass is 16.3. The highest BCUT2D eigenvalue weighted by Crippen LogP contribution is 2.37. The van der Waals surface area contributed by atoms with Crippen LogP contribution < -0.4 is 0 Å². The lowest BCUT2D eigenvalue weighted by Gasteiger charge is -2.47. The van der Waals surface area contributed by atoms with Crippen molar-refractivity contribution in [3.05, 3.63) is 23.8 Å². The highest BCUT2D eigenvalue weighted by molar-refractivity contribution is 5.93. The van der Waals surface area contributed by atoms with Gasteiger partial charge in [0.15, 0.2) is 0 Å². The number of hydrogen-bond acceptors (Lipinski definition) is 5. The molecule has 1 aromatic rings. The van der Waals surface area contributed by atoms with Gasteiger partial charge in [-0.2, -0.15) is 0 Å². The maximum absolute atomic E-state index is 12.8. The number of nitrogens with zero attached hydrogens (tertiary/aromatic N) is 4. The molecule has 3 aliphatic rings. The summed E-state index contributed by atoms with van der Waals surface area (Å²) < 4.78 is 0. The van der Waals surface area contributed by atoms with Crippen LogP contribution in [0.15, 0.2) is 12.4 Å². The highest BCUT2D eigenvalue weighted by Gasteiger charge is 2.40. The van der Waals surface area contributed by atoms with Crippen LogP contribution in [-0.2, 0) is 4.79 Å². The maximum atomic E-state index is 12.8. The van der Waals surface area contributed by atoms with Gasteiger partial charge in [-0.25, -0.2) is 9.97 Å². The fraction of sp³-hybridized carbons (Fsp3) is 0.684. The van der Waals surface area contributed by atoms with Crippen molar-refractivity contribution in [2.75, 3.05) is 26.2 Å². The van der Waals surface area contributed by atoms with Crippen LogP contribution in [0, 0.1) is 5.92 Å². The molecule has 2 aliphatic heterocycles. The summed E-state index contributed by atoms with van der Waals surface area (Å²) in [7, 11) is 0. The van der Waals surface area contributed by atoms with E-state index in [1.165, 1.54) is 0 Å². The Balaban J connectivity index is 1.40. The Morgan fingerprint density at radius 2 is 1.96 bits per heavy atom. The van der Waals surface area contributed by atoms with Crippen molar-refractivity contribution < 1.29 is 14.7 Å². The van der Waals surface area contributed by atoms with E-state index in [2.05, 4.69) is 9.97 Å². The number of carbonyl (C=O) groups is 2. The summed E-state index contributed by atoms with van der Waals surface area (Å²) in [6, 6.07) is 0.195. The Morgan fingerprint density at radius 1 is 1.19 bits per heavy atom. The number of carbonyl (C=O) groups excluding carboxylic acids is 2. The second-order valence-corrected chi connectivity index (χ2v) is 7.67. The van der Waals surface area contributed by atoms with E-state index in [0.717, 1.165) is 31.5 Å². The van der Waals surface area contributed by atoms with Crippen molar-refractivity contribution in [1.29, 1.82) is 0 Å². The van der Waals surface area contributed by atoms with E-state index in [0.29, 0.717) is 49.9 Å². The van der Waals surface area contributed by atoms with Crippen LogP contribution in [0.5, 0.6) is 0 Å². The number of aromatic nitrogens is 2. The minimum absolute atomic E-state index is 0.00962. The molecule has 0 aromatic carbocycles. The molecule has 3 fully saturated rings. The van der Waals surface area contributed by atoms with E-state index >= 15 is 0 Å². The molecule has 2 atom stereocenters. The first kappa shape index (κ1) is 17.4. The average Bonchev–Trinajstić information content (AvgIpc) is 3.52. The van der Waals surface area contributed by atoms with Crippen molar-refractivity contribution in [2.45, 2.75) is 50.5 Å². The molecule has 0 radical (unpaired) electrons. The molecule has 1 N–H and O–H groups in total. The molecular weight excluding hydrogens is 332 g/mol. The molecule has 2 unspecified atom stereocenters. The number of amides is 2. The minimum atomic E-state index is -0.00962. The summed E-state index contributed by atoms with van der Waals surface area (Å²) in [4.78, 5) is 37.6. The topological polar surface area (TPSA) is 86.6 Å². The van der Waals surface area contributed by atoms with Gasteiger partial charge < -0.3 is 14.9 Å². The standard InChI is InChI=1S/C19H26N4O3/c24-9-1-7-23-16-6-8-22(12-14(16)4-5-17(23)25)19(26)15-10-20-18(21-11-15)13-2-3-13/h10-11,13-14,16,24H,1-9,12H2. The molecular formula is C19H26N4O3. The van der Waals surface area contributed by atoms with Gasteiger partial charge in [0.25, 0.3) is 5.91 Å². The van der Waals surface area contributed by atoms with E-state index in [9.17, 15) is 9.59 Å². The van der Waals surface area contributed by atoms with Crippen LogP contribution in [0.2, 0.25) is 0 Å². The molecule has 2 saturated heterocycles. The largest absolute Gasteiger partial charge is 0.396 e. The van der Waals surface area contributed by atoms with Gasteiger partial charge in [-0.15, -0.1) is 0 Å². The molecule has 1 aliphatic carbocycles. The minimum Gasteiger partial charge on any atom is -0.396 e. The van der Waals surface area contributed by atoms with Crippen molar-refractivity contribution >= 4 is 11.8 Å². The van der Waals surface area contributed by atoms with Gasteiger partial charge in [-0.3, -0.25) is 9.59 Å². The van der Waals surface area contributed by atoms with Crippen molar-refractivity contribution in [3.63, 3.8) is 0 Å². The molecule has 0 bridgehead atoms. The Hall–Kier alpha value is -2.02. The Kier molecular flexibility index (Phi) is 4.89. The molecule has 2 amide bonds. The van der Waals surface area contributed by atoms with Crippen LogP contribution in [0.25, 0.3) is 0 Å². The molecule has 7 nitrogen and oxygen atoms in total. The second kappa shape index (κ2) is 7.31. The van der Waals surface area contributed by atoms with Crippen molar-refractivity contribution in [3.8, 4) is 0 Å². The lowest BCUT2D eigenvalue weighted by atomic mass is 9.83. The number of piperidine rings is 2. The van der Waals surface area contributed by atoms with Gasteiger partial charge in [0.05, 0.1) is 5.56 Å². The maximum Gasteiger partial charge on any atom is 0.257 e. The first-order valence-electron chi connectivity index (χ1n) is 9.69. The summed E-state index contributed by atoms with van der Waals surface area (Å²) in [6.45, 7) is 2.04. The van der Waals surface area contributed by atoms with Gasteiger partial charge in [0, 0.05) is 57.0 Å². The molecule has 1 aromatic heterocycles. The number of likely N-dealkylation sites (tertiary alicyclic amines) is 2. The zero-order chi connectivity index (χ0) is 18.1. The van der Waals surface area contributed by atoms with Crippen LogP contribution >= 0.6 is 0 Å². The zero-order valence-corrected chi connectivity index (χ0v) is 15.0. The van der Waals surface area contributed by atoms with E-state index in [4.69, 9.17) is 5.11 Å². The predicted octanol–water partition coefficient (Wildman–Crippen LogP) is 1.19.